The Morgan fingerprint density at radius 2 is 2.00 bits per heavy atom. The molecule has 1 aromatic heterocycles. The number of benzene rings is 1. The molecule has 0 saturated carbocycles. The first-order valence-corrected chi connectivity index (χ1v) is 8.64. The van der Waals surface area contributed by atoms with Crippen LogP contribution >= 0.6 is 0 Å². The second-order valence-corrected chi connectivity index (χ2v) is 6.06. The van der Waals surface area contributed by atoms with Crippen LogP contribution in [0.25, 0.3) is 0 Å². The van der Waals surface area contributed by atoms with Crippen LogP contribution in [0.4, 0.5) is 8.78 Å². The Morgan fingerprint density at radius 1 is 1.24 bits per heavy atom. The van der Waals surface area contributed by atoms with E-state index in [4.69, 9.17) is 4.84 Å². The van der Waals surface area contributed by atoms with Gasteiger partial charge in [0.05, 0.1) is 6.04 Å². The lowest BCUT2D eigenvalue weighted by Crippen LogP contribution is -2.34. The molecule has 0 bridgehead atoms. The number of aromatic nitrogens is 2. The molecule has 11 heteroatoms. The molecule has 2 aliphatic rings. The van der Waals surface area contributed by atoms with Crippen LogP contribution < -0.4 is 20.3 Å². The number of nitrogens with zero attached hydrogens (tertiary/aromatic N) is 3. The molecular formula is C18H15F2N5O4. The van der Waals surface area contributed by atoms with E-state index in [1.807, 2.05) is 6.92 Å². The molecule has 3 heterocycles. The molecule has 0 spiro atoms. The van der Waals surface area contributed by atoms with E-state index in [1.165, 1.54) is 24.5 Å². The standard InChI is InChI=1S/C18H15F2N5O4/c1-2-11(10-4-5-13-14(8-10)29-18(19,20)28-13)24-17(26)12-9-27-25-16(23-12)15-21-6-3-7-22-15/h3-9,11H,2H2,1H3,(H,23,25)(H,24,26)/t11-/m1/s1. The number of amides is 1. The molecular weight excluding hydrogens is 388 g/mol. The van der Waals surface area contributed by atoms with E-state index in [2.05, 4.69) is 35.2 Å². The summed E-state index contributed by atoms with van der Waals surface area (Å²) in [5.74, 6) is -0.237. The van der Waals surface area contributed by atoms with E-state index in [1.54, 1.807) is 12.1 Å². The highest BCUT2D eigenvalue weighted by atomic mass is 19.3. The van der Waals surface area contributed by atoms with Crippen LogP contribution in [0.15, 0.2) is 53.6 Å². The van der Waals surface area contributed by atoms with Crippen molar-refractivity contribution >= 4 is 11.7 Å². The zero-order valence-electron chi connectivity index (χ0n) is 15.1. The molecule has 2 aromatic rings. The molecule has 2 N–H and O–H groups in total. The number of alkyl halides is 2. The second kappa shape index (κ2) is 7.34. The van der Waals surface area contributed by atoms with Crippen LogP contribution in [0.2, 0.25) is 0 Å². The second-order valence-electron chi connectivity index (χ2n) is 6.06. The van der Waals surface area contributed by atoms with Gasteiger partial charge < -0.3 is 19.6 Å². The number of carbonyl (C=O) groups excluding carboxylic acids is 1. The highest BCUT2D eigenvalue weighted by molar-refractivity contribution is 6.01. The van der Waals surface area contributed by atoms with Crippen LogP contribution in [0.3, 0.4) is 0 Å². The zero-order chi connectivity index (χ0) is 20.4. The van der Waals surface area contributed by atoms with E-state index in [0.717, 1.165) is 6.26 Å². The number of hydroxylamine groups is 1. The number of amidine groups is 1. The van der Waals surface area contributed by atoms with Crippen molar-refractivity contribution in [1.29, 1.82) is 0 Å². The summed E-state index contributed by atoms with van der Waals surface area (Å²) in [6.45, 7) is 1.84. The molecule has 1 atom stereocenters. The van der Waals surface area contributed by atoms with Gasteiger partial charge in [-0.25, -0.2) is 20.4 Å². The molecule has 0 radical (unpaired) electrons. The molecule has 1 amide bonds. The minimum Gasteiger partial charge on any atom is -0.395 e. The van der Waals surface area contributed by atoms with Crippen molar-refractivity contribution in [3.05, 3.63) is 60.0 Å². The summed E-state index contributed by atoms with van der Waals surface area (Å²) in [6, 6.07) is 5.52. The summed E-state index contributed by atoms with van der Waals surface area (Å²) in [4.78, 5) is 30.0. The van der Waals surface area contributed by atoms with E-state index < -0.39 is 18.2 Å². The number of rotatable bonds is 5. The third-order valence-electron chi connectivity index (χ3n) is 4.11. The summed E-state index contributed by atoms with van der Waals surface area (Å²) in [5, 5.41) is 2.79. The molecule has 4 rings (SSSR count). The molecule has 0 unspecified atom stereocenters. The van der Waals surface area contributed by atoms with Gasteiger partial charge in [0.1, 0.15) is 0 Å². The van der Waals surface area contributed by atoms with E-state index >= 15 is 0 Å². The van der Waals surface area contributed by atoms with Gasteiger partial charge in [-0.15, -0.1) is 8.78 Å². The number of nitrogens with one attached hydrogen (secondary N) is 2. The first-order valence-electron chi connectivity index (χ1n) is 8.64. The van der Waals surface area contributed by atoms with Crippen molar-refractivity contribution in [2.45, 2.75) is 25.7 Å². The highest BCUT2D eigenvalue weighted by Gasteiger charge is 2.43. The van der Waals surface area contributed by atoms with Gasteiger partial charge in [0.15, 0.2) is 29.3 Å². The smallest absolute Gasteiger partial charge is 0.395 e. The number of fused-ring (bicyclic) bond motifs is 1. The van der Waals surface area contributed by atoms with E-state index in [9.17, 15) is 13.6 Å². The third kappa shape index (κ3) is 3.93. The first kappa shape index (κ1) is 18.6. The monoisotopic (exact) mass is 403 g/mol. The largest absolute Gasteiger partial charge is 0.586 e. The summed E-state index contributed by atoms with van der Waals surface area (Å²) < 4.78 is 35.3. The van der Waals surface area contributed by atoms with Gasteiger partial charge in [0.25, 0.3) is 5.91 Å². The van der Waals surface area contributed by atoms with Gasteiger partial charge in [-0.2, -0.15) is 0 Å². The Morgan fingerprint density at radius 3 is 2.76 bits per heavy atom. The normalized spacial score (nSPS) is 17.3. The van der Waals surface area contributed by atoms with Crippen LogP contribution in [0.5, 0.6) is 11.5 Å². The quantitative estimate of drug-likeness (QED) is 0.788. The number of hydrogen-bond donors (Lipinski definition) is 2. The lowest BCUT2D eigenvalue weighted by atomic mass is 10.0. The Balaban J connectivity index is 1.50. The molecule has 0 aliphatic carbocycles. The average Bonchev–Trinajstić information content (AvgIpc) is 3.05. The topological polar surface area (TPSA) is 107 Å². The molecule has 0 fully saturated rings. The van der Waals surface area contributed by atoms with E-state index in [0.29, 0.717) is 12.0 Å². The molecule has 29 heavy (non-hydrogen) atoms. The molecule has 2 aliphatic heterocycles. The highest BCUT2D eigenvalue weighted by Crippen LogP contribution is 2.42. The Hall–Kier alpha value is -3.76. The minimum absolute atomic E-state index is 0.00284. The fourth-order valence-corrected chi connectivity index (χ4v) is 2.77. The van der Waals surface area contributed by atoms with Gasteiger partial charge in [-0.1, -0.05) is 13.0 Å². The Bertz CT molecular complexity index is 997. The summed E-state index contributed by atoms with van der Waals surface area (Å²) >= 11 is 0. The van der Waals surface area contributed by atoms with Gasteiger partial charge in [-0.05, 0) is 30.2 Å². The predicted octanol–water partition coefficient (Wildman–Crippen LogP) is 2.19. The number of hydrogen-bond acceptors (Lipinski definition) is 8. The van der Waals surface area contributed by atoms with Crippen molar-refractivity contribution in [3.8, 4) is 11.5 Å². The van der Waals surface area contributed by atoms with Crippen LogP contribution in [0.1, 0.15) is 30.8 Å². The van der Waals surface area contributed by atoms with Gasteiger partial charge in [-0.3, -0.25) is 4.79 Å². The summed E-state index contributed by atoms with van der Waals surface area (Å²) in [7, 11) is 0. The van der Waals surface area contributed by atoms with Crippen LogP contribution in [-0.4, -0.2) is 28.0 Å². The Labute approximate surface area is 163 Å². The predicted molar refractivity (Wildman–Crippen MR) is 94.7 cm³/mol. The third-order valence-corrected chi connectivity index (χ3v) is 4.11. The Kier molecular flexibility index (Phi) is 4.71. The van der Waals surface area contributed by atoms with E-state index in [-0.39, 0.29) is 28.9 Å². The van der Waals surface area contributed by atoms with Crippen molar-refractivity contribution in [3.63, 3.8) is 0 Å². The molecule has 9 nitrogen and oxygen atoms in total. The van der Waals surface area contributed by atoms with Gasteiger partial charge in [0, 0.05) is 12.4 Å². The van der Waals surface area contributed by atoms with Gasteiger partial charge >= 0.3 is 6.29 Å². The minimum atomic E-state index is -3.70. The fourth-order valence-electron chi connectivity index (χ4n) is 2.77. The number of aliphatic imine (C=N–C) groups is 1. The van der Waals surface area contributed by atoms with Crippen molar-refractivity contribution in [2.75, 3.05) is 0 Å². The first-order chi connectivity index (χ1) is 13.9. The molecule has 1 aromatic carbocycles. The maximum absolute atomic E-state index is 13.2. The number of carbonyl (C=O) groups is 1. The summed E-state index contributed by atoms with van der Waals surface area (Å²) in [6.07, 6.45) is 0.997. The number of halogens is 2. The lowest BCUT2D eigenvalue weighted by Gasteiger charge is -2.19. The number of ether oxygens (including phenoxy) is 2. The molecule has 0 saturated heterocycles. The zero-order valence-corrected chi connectivity index (χ0v) is 15.1. The maximum Gasteiger partial charge on any atom is 0.586 e. The maximum atomic E-state index is 13.2. The van der Waals surface area contributed by atoms with Crippen molar-refractivity contribution in [1.82, 2.24) is 20.8 Å². The fraction of sp³-hybridized carbons (Fsp3) is 0.222. The van der Waals surface area contributed by atoms with Crippen molar-refractivity contribution < 1.29 is 27.9 Å². The van der Waals surface area contributed by atoms with Crippen molar-refractivity contribution in [2.24, 2.45) is 4.99 Å². The average molecular weight is 403 g/mol. The SMILES string of the molecule is CC[C@@H](NC(=O)C1=CONC(c2ncccn2)=N1)c1ccc2c(c1)OC(F)(F)O2. The lowest BCUT2D eigenvalue weighted by molar-refractivity contribution is -0.286. The van der Waals surface area contributed by atoms with Crippen LogP contribution in [-0.2, 0) is 9.63 Å². The van der Waals surface area contributed by atoms with Crippen LogP contribution in [0, 0.1) is 0 Å². The summed E-state index contributed by atoms with van der Waals surface area (Å²) in [5.41, 5.74) is 3.10. The molecule has 150 valence electrons. The van der Waals surface area contributed by atoms with Gasteiger partial charge in [0.2, 0.25) is 5.84 Å².